The second kappa shape index (κ2) is 28.9. The number of aliphatic hydroxyl groups excluding tert-OH is 1. The molecule has 0 aliphatic heterocycles. The van der Waals surface area contributed by atoms with Gasteiger partial charge in [0.05, 0.1) is 19.1 Å². The largest absolute Gasteiger partial charge is 0.481 e. The van der Waals surface area contributed by atoms with Gasteiger partial charge >= 0.3 is 23.9 Å². The fourth-order valence-electron chi connectivity index (χ4n) is 5.52. The van der Waals surface area contributed by atoms with Crippen molar-refractivity contribution < 1.29 is 73.5 Å². The lowest BCUT2D eigenvalue weighted by atomic mass is 10.0. The number of nitrogens with zero attached hydrogens (tertiary/aromatic N) is 1. The summed E-state index contributed by atoms with van der Waals surface area (Å²) >= 11 is 1.30. The maximum absolute atomic E-state index is 13.6. The van der Waals surface area contributed by atoms with Crippen LogP contribution in [0, 0.1) is 0 Å². The number of hydrogen-bond donors (Lipinski definition) is 14. The van der Waals surface area contributed by atoms with Gasteiger partial charge in [-0.25, -0.2) is 4.79 Å². The van der Waals surface area contributed by atoms with Gasteiger partial charge in [0.2, 0.25) is 35.4 Å². The van der Waals surface area contributed by atoms with Crippen LogP contribution in [-0.4, -0.2) is 158 Å². The van der Waals surface area contributed by atoms with E-state index < -0.39 is 140 Å². The minimum atomic E-state index is -2.00. The summed E-state index contributed by atoms with van der Waals surface area (Å²) in [6.45, 7) is -1.04. The molecule has 0 aromatic heterocycles. The number of carbonyl (C=O) groups excluding carboxylic acids is 6. The summed E-state index contributed by atoms with van der Waals surface area (Å²) in [5, 5.41) is 61.1. The molecule has 17 N–H and O–H groups in total. The first-order valence-corrected chi connectivity index (χ1v) is 20.7. The van der Waals surface area contributed by atoms with E-state index in [9.17, 15) is 73.5 Å². The Kier molecular flexibility index (Phi) is 25.0. The number of guanidine groups is 1. The quantitative estimate of drug-likeness (QED) is 0.0190. The first-order chi connectivity index (χ1) is 29.7. The van der Waals surface area contributed by atoms with Crippen LogP contribution in [-0.2, 0) is 54.4 Å². The molecular weight excluding hydrogens is 857 g/mol. The molecule has 350 valence electrons. The van der Waals surface area contributed by atoms with E-state index in [0.29, 0.717) is 11.3 Å². The van der Waals surface area contributed by atoms with Gasteiger partial charge in [-0.3, -0.25) is 48.1 Å². The third-order valence-electron chi connectivity index (χ3n) is 8.83. The number of aliphatic imine (C=N–C) groups is 1. The number of carboxylic acid groups (broad SMARTS) is 4. The van der Waals surface area contributed by atoms with Crippen LogP contribution in [0.15, 0.2) is 35.3 Å². The molecule has 0 saturated carbocycles. The average Bonchev–Trinajstić information content (AvgIpc) is 3.21. The Morgan fingerprint density at radius 1 is 0.603 bits per heavy atom. The van der Waals surface area contributed by atoms with Crippen molar-refractivity contribution in [1.82, 2.24) is 31.9 Å². The molecule has 0 saturated heterocycles. The van der Waals surface area contributed by atoms with Crippen molar-refractivity contribution in [3.8, 4) is 0 Å². The van der Waals surface area contributed by atoms with Gasteiger partial charge in [-0.15, -0.1) is 0 Å². The van der Waals surface area contributed by atoms with Crippen LogP contribution >= 0.6 is 11.8 Å². The predicted molar refractivity (Wildman–Crippen MR) is 223 cm³/mol. The van der Waals surface area contributed by atoms with Gasteiger partial charge in [-0.05, 0) is 56.1 Å². The summed E-state index contributed by atoms with van der Waals surface area (Å²) in [6, 6.07) is -2.89. The smallest absolute Gasteiger partial charge is 0.326 e. The summed E-state index contributed by atoms with van der Waals surface area (Å²) in [5.41, 5.74) is 17.3. The molecule has 1 aromatic rings. The molecule has 0 heterocycles. The summed E-state index contributed by atoms with van der Waals surface area (Å²) in [4.78, 5) is 130. The Balaban J connectivity index is 3.35. The lowest BCUT2D eigenvalue weighted by Crippen LogP contribution is -2.60. The third-order valence-corrected chi connectivity index (χ3v) is 9.47. The number of thioether (sulfide) groups is 1. The second-order valence-corrected chi connectivity index (χ2v) is 14.9. The number of nitrogens with two attached hydrogens (primary N) is 3. The van der Waals surface area contributed by atoms with Crippen molar-refractivity contribution >= 4 is 77.0 Å². The third kappa shape index (κ3) is 22.2. The van der Waals surface area contributed by atoms with Gasteiger partial charge in [0.15, 0.2) is 5.96 Å². The van der Waals surface area contributed by atoms with Crippen molar-refractivity contribution in [2.75, 3.05) is 25.2 Å². The maximum Gasteiger partial charge on any atom is 0.326 e. The number of aliphatic hydroxyl groups is 1. The molecule has 0 spiro atoms. The highest BCUT2D eigenvalue weighted by Gasteiger charge is 2.35. The minimum absolute atomic E-state index is 0.00137. The molecule has 6 amide bonds. The van der Waals surface area contributed by atoms with Crippen LogP contribution in [0.4, 0.5) is 0 Å². The van der Waals surface area contributed by atoms with Crippen LogP contribution in [0.25, 0.3) is 0 Å². The van der Waals surface area contributed by atoms with E-state index in [4.69, 9.17) is 17.2 Å². The van der Waals surface area contributed by atoms with Gasteiger partial charge in [0.1, 0.15) is 36.3 Å². The number of carbonyl (C=O) groups is 10. The van der Waals surface area contributed by atoms with Crippen molar-refractivity contribution in [3.05, 3.63) is 35.9 Å². The summed E-state index contributed by atoms with van der Waals surface area (Å²) in [7, 11) is 0. The fourth-order valence-corrected chi connectivity index (χ4v) is 5.99. The molecule has 26 heteroatoms. The highest BCUT2D eigenvalue weighted by atomic mass is 32.2. The number of rotatable bonds is 31. The molecule has 0 radical (unpaired) electrons. The SMILES string of the molecule is CSCC[C@H](NC(=O)[C@H](CCCN=C(N)N)NC(=O)[C@H](CC(=O)O)NC(=O)[C@H](CCC(=O)O)NC(=O)[C@H](CCC(=O)O)NC(=O)[C@H](CO)NC(=O)[C@@H](N)Cc1ccccc1)C(=O)O. The van der Waals surface area contributed by atoms with Gasteiger partial charge in [-0.2, -0.15) is 11.8 Å². The summed E-state index contributed by atoms with van der Waals surface area (Å²) in [6.07, 6.45) is -2.37. The van der Waals surface area contributed by atoms with Crippen molar-refractivity contribution in [2.24, 2.45) is 22.2 Å². The van der Waals surface area contributed by atoms with Crippen LogP contribution in [0.1, 0.15) is 56.9 Å². The Labute approximate surface area is 365 Å². The zero-order valence-corrected chi connectivity index (χ0v) is 35.1. The van der Waals surface area contributed by atoms with Crippen LogP contribution in [0.3, 0.4) is 0 Å². The summed E-state index contributed by atoms with van der Waals surface area (Å²) in [5.74, 6) is -12.7. The van der Waals surface area contributed by atoms with Crippen LogP contribution in [0.2, 0.25) is 0 Å². The Morgan fingerprint density at radius 3 is 1.49 bits per heavy atom. The molecule has 0 aliphatic rings. The Hall–Kier alpha value is -6.54. The molecule has 1 aromatic carbocycles. The van der Waals surface area contributed by atoms with Gasteiger partial charge < -0.3 is 74.6 Å². The van der Waals surface area contributed by atoms with E-state index in [-0.39, 0.29) is 38.2 Å². The Morgan fingerprint density at radius 2 is 1.05 bits per heavy atom. The molecule has 0 aliphatic carbocycles. The second-order valence-electron chi connectivity index (χ2n) is 13.9. The first-order valence-electron chi connectivity index (χ1n) is 19.3. The normalized spacial score (nSPS) is 14.1. The number of carboxylic acids is 4. The maximum atomic E-state index is 13.6. The number of aliphatic carboxylic acids is 4. The van der Waals surface area contributed by atoms with E-state index in [0.717, 1.165) is 0 Å². The average molecular weight is 913 g/mol. The van der Waals surface area contributed by atoms with Crippen LogP contribution in [0.5, 0.6) is 0 Å². The number of amides is 6. The van der Waals surface area contributed by atoms with Gasteiger partial charge in [0.25, 0.3) is 0 Å². The van der Waals surface area contributed by atoms with E-state index >= 15 is 0 Å². The molecule has 7 atom stereocenters. The molecule has 63 heavy (non-hydrogen) atoms. The standard InChI is InChI=1S/C37H56N10O15S/c1-63-15-13-24(36(61)62)45-31(56)21(8-5-14-41-37(39)40)42-34(59)25(17-29(53)54)46-33(58)23(10-12-28(51)52)43-32(57)22(9-11-27(49)50)44-35(60)26(18-48)47-30(55)20(38)16-19-6-3-2-4-7-19/h2-4,6-7,20-26,48H,5,8-18,38H2,1H3,(H,42,59)(H,43,57)(H,44,60)(H,45,56)(H,46,58)(H,47,55)(H,49,50)(H,51,52)(H,53,54)(H,61,62)(H4,39,40,41)/t20-,21-,22-,23-,24-,25-,26-/m0/s1. The Bertz CT molecular complexity index is 1780. The number of nitrogens with one attached hydrogen (secondary N) is 6. The monoisotopic (exact) mass is 912 g/mol. The van der Waals surface area contributed by atoms with E-state index in [2.05, 4.69) is 36.9 Å². The summed E-state index contributed by atoms with van der Waals surface area (Å²) < 4.78 is 0. The van der Waals surface area contributed by atoms with E-state index in [1.807, 2.05) is 0 Å². The minimum Gasteiger partial charge on any atom is -0.481 e. The van der Waals surface area contributed by atoms with Gasteiger partial charge in [0, 0.05) is 19.4 Å². The van der Waals surface area contributed by atoms with E-state index in [1.165, 1.54) is 11.8 Å². The number of hydrogen-bond acceptors (Lipinski definition) is 14. The van der Waals surface area contributed by atoms with E-state index in [1.54, 1.807) is 36.6 Å². The van der Waals surface area contributed by atoms with Crippen LogP contribution < -0.4 is 49.1 Å². The van der Waals surface area contributed by atoms with Crippen molar-refractivity contribution in [3.63, 3.8) is 0 Å². The van der Waals surface area contributed by atoms with Gasteiger partial charge in [-0.1, -0.05) is 30.3 Å². The van der Waals surface area contributed by atoms with Crippen molar-refractivity contribution in [1.29, 1.82) is 0 Å². The highest BCUT2D eigenvalue weighted by Crippen LogP contribution is 2.09. The molecule has 0 bridgehead atoms. The lowest BCUT2D eigenvalue weighted by Gasteiger charge is -2.27. The highest BCUT2D eigenvalue weighted by molar-refractivity contribution is 7.98. The topological polar surface area (TPSA) is 434 Å². The molecule has 0 unspecified atom stereocenters. The molecule has 0 fully saturated rings. The number of benzene rings is 1. The molecular formula is C37H56N10O15S. The first kappa shape index (κ1) is 54.5. The molecule has 1 rings (SSSR count). The predicted octanol–water partition coefficient (Wildman–Crippen LogP) is -4.45. The lowest BCUT2D eigenvalue weighted by molar-refractivity contribution is -0.143. The molecule has 25 nitrogen and oxygen atoms in total. The zero-order chi connectivity index (χ0) is 47.6. The van der Waals surface area contributed by atoms with Crippen molar-refractivity contribution in [2.45, 2.75) is 100 Å². The zero-order valence-electron chi connectivity index (χ0n) is 34.3. The fraction of sp³-hybridized carbons (Fsp3) is 0.541.